The molecule has 0 spiro atoms. The predicted molar refractivity (Wildman–Crippen MR) is 71.7 cm³/mol. The number of hydrogen-bond donors (Lipinski definition) is 1. The molecule has 1 saturated heterocycles. The van der Waals surface area contributed by atoms with E-state index in [0.717, 1.165) is 3.79 Å². The second-order valence-corrected chi connectivity index (χ2v) is 6.15. The highest BCUT2D eigenvalue weighted by molar-refractivity contribution is 9.11. The van der Waals surface area contributed by atoms with Gasteiger partial charge in [-0.2, -0.15) is 0 Å². The molecule has 1 aliphatic heterocycles. The van der Waals surface area contributed by atoms with Gasteiger partial charge in [-0.1, -0.05) is 0 Å². The fourth-order valence-electron chi connectivity index (χ4n) is 1.76. The van der Waals surface area contributed by atoms with Crippen molar-refractivity contribution in [3.8, 4) is 0 Å². The van der Waals surface area contributed by atoms with Crippen molar-refractivity contribution in [2.45, 2.75) is 6.10 Å². The maximum Gasteiger partial charge on any atom is 0.254 e. The Balaban J connectivity index is 2.05. The van der Waals surface area contributed by atoms with Crippen LogP contribution < -0.4 is 5.32 Å². The zero-order chi connectivity index (χ0) is 13.1. The molecule has 5 nitrogen and oxygen atoms in total. The van der Waals surface area contributed by atoms with Crippen LogP contribution >= 0.6 is 27.3 Å². The van der Waals surface area contributed by atoms with Gasteiger partial charge in [0.1, 0.15) is 0 Å². The summed E-state index contributed by atoms with van der Waals surface area (Å²) in [7, 11) is 1.56. The number of rotatable bonds is 2. The van der Waals surface area contributed by atoms with E-state index in [9.17, 15) is 9.59 Å². The van der Waals surface area contributed by atoms with E-state index in [2.05, 4.69) is 21.2 Å². The number of thiophene rings is 1. The summed E-state index contributed by atoms with van der Waals surface area (Å²) in [5.41, 5.74) is 0.643. The molecular formula is C11H13BrN2O3S. The van der Waals surface area contributed by atoms with E-state index >= 15 is 0 Å². The normalized spacial score (nSPS) is 19.7. The average Bonchev–Trinajstić information content (AvgIpc) is 2.83. The Morgan fingerprint density at radius 1 is 1.61 bits per heavy atom. The summed E-state index contributed by atoms with van der Waals surface area (Å²) in [4.78, 5) is 25.3. The minimum absolute atomic E-state index is 0.0610. The Kier molecular flexibility index (Phi) is 4.36. The first-order valence-corrected chi connectivity index (χ1v) is 7.15. The molecule has 2 amide bonds. The largest absolute Gasteiger partial charge is 0.365 e. The standard InChI is InChI=1S/C11H13BrN2O3S/c1-13-10(15)8-5-14(2-3-17-8)11(16)7-4-9(12)18-6-7/h4,6,8H,2-3,5H2,1H3,(H,13,15). The molecule has 1 fully saturated rings. The lowest BCUT2D eigenvalue weighted by molar-refractivity contribution is -0.136. The fraction of sp³-hybridized carbons (Fsp3) is 0.455. The van der Waals surface area contributed by atoms with Gasteiger partial charge in [0.15, 0.2) is 6.10 Å². The highest BCUT2D eigenvalue weighted by Gasteiger charge is 2.29. The maximum atomic E-state index is 12.2. The number of morpholine rings is 1. The van der Waals surface area contributed by atoms with Gasteiger partial charge in [-0.3, -0.25) is 9.59 Å². The molecular weight excluding hydrogens is 320 g/mol. The predicted octanol–water partition coefficient (Wildman–Crippen LogP) is 1.10. The van der Waals surface area contributed by atoms with Crippen LogP contribution in [0.2, 0.25) is 0 Å². The summed E-state index contributed by atoms with van der Waals surface area (Å²) in [5.74, 6) is -0.256. The van der Waals surface area contributed by atoms with Crippen LogP contribution in [0.1, 0.15) is 10.4 Å². The minimum Gasteiger partial charge on any atom is -0.365 e. The Morgan fingerprint density at radius 2 is 2.39 bits per heavy atom. The van der Waals surface area contributed by atoms with E-state index in [4.69, 9.17) is 4.74 Å². The summed E-state index contributed by atoms with van der Waals surface area (Å²) in [5, 5.41) is 4.33. The van der Waals surface area contributed by atoms with Crippen LogP contribution in [0.3, 0.4) is 0 Å². The van der Waals surface area contributed by atoms with Gasteiger partial charge in [0.2, 0.25) is 0 Å². The summed E-state index contributed by atoms with van der Waals surface area (Å²) < 4.78 is 6.26. The van der Waals surface area contributed by atoms with Crippen molar-refractivity contribution < 1.29 is 14.3 Å². The summed E-state index contributed by atoms with van der Waals surface area (Å²) in [6.45, 7) is 1.20. The van der Waals surface area contributed by atoms with Gasteiger partial charge < -0.3 is 15.0 Å². The van der Waals surface area contributed by atoms with E-state index in [0.29, 0.717) is 25.3 Å². The van der Waals surface area contributed by atoms with Crippen molar-refractivity contribution in [3.05, 3.63) is 20.8 Å². The molecule has 2 heterocycles. The van der Waals surface area contributed by atoms with E-state index in [1.165, 1.54) is 11.3 Å². The number of carbonyl (C=O) groups is 2. The first kappa shape index (κ1) is 13.5. The monoisotopic (exact) mass is 332 g/mol. The number of hydrogen-bond acceptors (Lipinski definition) is 4. The van der Waals surface area contributed by atoms with Gasteiger partial charge in [0, 0.05) is 19.0 Å². The first-order chi connectivity index (χ1) is 8.61. The molecule has 18 heavy (non-hydrogen) atoms. The van der Waals surface area contributed by atoms with Crippen molar-refractivity contribution in [2.24, 2.45) is 0 Å². The van der Waals surface area contributed by atoms with Gasteiger partial charge in [0.25, 0.3) is 11.8 Å². The fourth-order valence-corrected chi connectivity index (χ4v) is 2.89. The van der Waals surface area contributed by atoms with Crippen molar-refractivity contribution >= 4 is 39.1 Å². The lowest BCUT2D eigenvalue weighted by Gasteiger charge is -2.31. The van der Waals surface area contributed by atoms with Crippen molar-refractivity contribution in [1.29, 1.82) is 0 Å². The van der Waals surface area contributed by atoms with E-state index in [-0.39, 0.29) is 11.8 Å². The first-order valence-electron chi connectivity index (χ1n) is 5.48. The molecule has 2 rings (SSSR count). The van der Waals surface area contributed by atoms with Gasteiger partial charge in [-0.15, -0.1) is 11.3 Å². The van der Waals surface area contributed by atoms with Crippen molar-refractivity contribution in [3.63, 3.8) is 0 Å². The number of halogens is 1. The lowest BCUT2D eigenvalue weighted by atomic mass is 10.2. The zero-order valence-corrected chi connectivity index (χ0v) is 12.2. The molecule has 0 radical (unpaired) electrons. The molecule has 0 saturated carbocycles. The van der Waals surface area contributed by atoms with Crippen molar-refractivity contribution in [2.75, 3.05) is 26.7 Å². The van der Waals surface area contributed by atoms with E-state index in [1.54, 1.807) is 23.4 Å². The average molecular weight is 333 g/mol. The molecule has 0 bridgehead atoms. The Morgan fingerprint density at radius 3 is 3.00 bits per heavy atom. The number of likely N-dealkylation sites (N-methyl/N-ethyl adjacent to an activating group) is 1. The SMILES string of the molecule is CNC(=O)C1CN(C(=O)c2csc(Br)c2)CCO1. The number of ether oxygens (including phenoxy) is 1. The van der Waals surface area contributed by atoms with Crippen LogP contribution in [0.15, 0.2) is 15.2 Å². The molecule has 1 aromatic heterocycles. The molecule has 1 aliphatic rings. The molecule has 1 aromatic rings. The highest BCUT2D eigenvalue weighted by Crippen LogP contribution is 2.22. The number of nitrogens with zero attached hydrogens (tertiary/aromatic N) is 1. The van der Waals surface area contributed by atoms with Crippen LogP contribution in [0, 0.1) is 0 Å². The second-order valence-electron chi connectivity index (χ2n) is 3.86. The molecule has 7 heteroatoms. The van der Waals surface area contributed by atoms with Gasteiger partial charge in [0.05, 0.1) is 22.5 Å². The number of amides is 2. The Bertz CT molecular complexity index is 463. The van der Waals surface area contributed by atoms with Crippen LogP contribution in [0.25, 0.3) is 0 Å². The summed E-state index contributed by atoms with van der Waals surface area (Å²) in [6.07, 6.45) is -0.574. The zero-order valence-electron chi connectivity index (χ0n) is 9.81. The number of nitrogens with one attached hydrogen (secondary N) is 1. The third kappa shape index (κ3) is 2.90. The van der Waals surface area contributed by atoms with E-state index in [1.807, 2.05) is 0 Å². The van der Waals surface area contributed by atoms with Crippen molar-refractivity contribution in [1.82, 2.24) is 10.2 Å². The summed E-state index contributed by atoms with van der Waals surface area (Å²) >= 11 is 4.80. The van der Waals surface area contributed by atoms with Crippen LogP contribution in [-0.2, 0) is 9.53 Å². The van der Waals surface area contributed by atoms with Crippen LogP contribution in [-0.4, -0.2) is 49.6 Å². The third-order valence-electron chi connectivity index (χ3n) is 2.71. The molecule has 1 atom stereocenters. The van der Waals surface area contributed by atoms with Gasteiger partial charge in [-0.25, -0.2) is 0 Å². The minimum atomic E-state index is -0.574. The molecule has 0 aromatic carbocycles. The third-order valence-corrected chi connectivity index (χ3v) is 4.21. The van der Waals surface area contributed by atoms with Crippen LogP contribution in [0.5, 0.6) is 0 Å². The smallest absolute Gasteiger partial charge is 0.254 e. The van der Waals surface area contributed by atoms with Crippen LogP contribution in [0.4, 0.5) is 0 Å². The Labute approximate surface area is 117 Å². The molecule has 1 N–H and O–H groups in total. The summed E-state index contributed by atoms with van der Waals surface area (Å²) in [6, 6.07) is 1.79. The Hall–Kier alpha value is -0.920. The van der Waals surface area contributed by atoms with E-state index < -0.39 is 6.10 Å². The maximum absolute atomic E-state index is 12.2. The molecule has 1 unspecified atom stereocenters. The van der Waals surface area contributed by atoms with Gasteiger partial charge in [-0.05, 0) is 22.0 Å². The lowest BCUT2D eigenvalue weighted by Crippen LogP contribution is -2.51. The second kappa shape index (κ2) is 5.81. The topological polar surface area (TPSA) is 58.6 Å². The number of carbonyl (C=O) groups excluding carboxylic acids is 2. The molecule has 0 aliphatic carbocycles. The quantitative estimate of drug-likeness (QED) is 0.882. The highest BCUT2D eigenvalue weighted by atomic mass is 79.9. The van der Waals surface area contributed by atoms with Gasteiger partial charge >= 0.3 is 0 Å². The molecule has 98 valence electrons.